The summed E-state index contributed by atoms with van der Waals surface area (Å²) >= 11 is 0. The van der Waals surface area contributed by atoms with Gasteiger partial charge in [-0.1, -0.05) is 0 Å². The molecule has 0 spiro atoms. The van der Waals surface area contributed by atoms with Crippen molar-refractivity contribution >= 4 is 11.7 Å². The van der Waals surface area contributed by atoms with Crippen LogP contribution in [0.4, 0.5) is 5.69 Å². The van der Waals surface area contributed by atoms with E-state index in [2.05, 4.69) is 0 Å². The molecule has 1 atom stereocenters. The van der Waals surface area contributed by atoms with E-state index in [1.165, 1.54) is 24.3 Å². The van der Waals surface area contributed by atoms with Crippen molar-refractivity contribution < 1.29 is 19.2 Å². The van der Waals surface area contributed by atoms with Crippen LogP contribution in [0.2, 0.25) is 0 Å². The monoisotopic (exact) mass is 326 g/mol. The number of rotatable bonds is 6. The van der Waals surface area contributed by atoms with Crippen molar-refractivity contribution in [3.8, 4) is 11.8 Å². The first-order valence-corrected chi connectivity index (χ1v) is 7.06. The Bertz CT molecular complexity index is 763. The maximum absolute atomic E-state index is 11.9. The fourth-order valence-electron chi connectivity index (χ4n) is 1.85. The van der Waals surface area contributed by atoms with Gasteiger partial charge < -0.3 is 9.47 Å². The molecule has 0 aliphatic carbocycles. The number of ether oxygens (including phenoxy) is 2. The van der Waals surface area contributed by atoms with Crippen LogP contribution in [0.25, 0.3) is 0 Å². The number of nitro groups is 1. The van der Waals surface area contributed by atoms with E-state index in [0.29, 0.717) is 16.9 Å². The topological polar surface area (TPSA) is 102 Å². The Balaban J connectivity index is 1.86. The summed E-state index contributed by atoms with van der Waals surface area (Å²) < 4.78 is 10.6. The predicted molar refractivity (Wildman–Crippen MR) is 84.1 cm³/mol. The molecule has 0 unspecified atom stereocenters. The number of nitro benzene ring substituents is 1. The number of carbonyl (C=O) groups excluding carboxylic acids is 1. The summed E-state index contributed by atoms with van der Waals surface area (Å²) in [6, 6.07) is 14.1. The van der Waals surface area contributed by atoms with Crippen LogP contribution < -0.4 is 4.74 Å². The Kier molecular flexibility index (Phi) is 5.47. The number of nitriles is 1. The van der Waals surface area contributed by atoms with Gasteiger partial charge in [-0.25, -0.2) is 4.79 Å². The highest BCUT2D eigenvalue weighted by Crippen LogP contribution is 2.15. The predicted octanol–water partition coefficient (Wildman–Crippen LogP) is 2.98. The molecule has 0 heterocycles. The van der Waals surface area contributed by atoms with Gasteiger partial charge >= 0.3 is 5.97 Å². The summed E-state index contributed by atoms with van der Waals surface area (Å²) in [6.07, 6.45) is -0.823. The lowest BCUT2D eigenvalue weighted by Gasteiger charge is -2.14. The second-order valence-electron chi connectivity index (χ2n) is 4.93. The van der Waals surface area contributed by atoms with Gasteiger partial charge in [0.25, 0.3) is 5.69 Å². The number of hydrogen-bond acceptors (Lipinski definition) is 6. The quantitative estimate of drug-likeness (QED) is 0.459. The van der Waals surface area contributed by atoms with Crippen LogP contribution in [0.5, 0.6) is 5.75 Å². The van der Waals surface area contributed by atoms with Crippen LogP contribution in [0.3, 0.4) is 0 Å². The van der Waals surface area contributed by atoms with E-state index >= 15 is 0 Å². The molecular weight excluding hydrogens is 312 g/mol. The maximum atomic E-state index is 11.9. The van der Waals surface area contributed by atoms with Crippen LogP contribution in [0.1, 0.15) is 18.1 Å². The molecule has 0 bridgehead atoms. The molecule has 0 fully saturated rings. The molecule has 0 amide bonds. The number of benzene rings is 2. The molecular formula is C17H14N2O5. The van der Waals surface area contributed by atoms with Gasteiger partial charge in [0, 0.05) is 12.1 Å². The Hall–Kier alpha value is -3.40. The van der Waals surface area contributed by atoms with Crippen molar-refractivity contribution in [3.05, 3.63) is 69.8 Å². The normalized spacial score (nSPS) is 11.2. The Labute approximate surface area is 138 Å². The van der Waals surface area contributed by atoms with E-state index in [0.717, 1.165) is 0 Å². The zero-order chi connectivity index (χ0) is 17.5. The lowest BCUT2D eigenvalue weighted by Crippen LogP contribution is -2.26. The summed E-state index contributed by atoms with van der Waals surface area (Å²) in [7, 11) is 0. The van der Waals surface area contributed by atoms with E-state index in [1.54, 1.807) is 31.2 Å². The highest BCUT2D eigenvalue weighted by molar-refractivity contribution is 5.74. The summed E-state index contributed by atoms with van der Waals surface area (Å²) in [5, 5.41) is 19.3. The minimum atomic E-state index is -0.823. The number of hydrogen-bond donors (Lipinski definition) is 0. The fraction of sp³-hybridized carbons (Fsp3) is 0.176. The van der Waals surface area contributed by atoms with Crippen molar-refractivity contribution in [2.75, 3.05) is 0 Å². The Morgan fingerprint density at radius 1 is 1.21 bits per heavy atom. The summed E-state index contributed by atoms with van der Waals surface area (Å²) in [4.78, 5) is 22.0. The molecule has 24 heavy (non-hydrogen) atoms. The first-order valence-electron chi connectivity index (χ1n) is 7.06. The van der Waals surface area contributed by atoms with Crippen molar-refractivity contribution in [2.45, 2.75) is 19.6 Å². The summed E-state index contributed by atoms with van der Waals surface area (Å²) in [5.74, 6) is -0.105. The van der Waals surface area contributed by atoms with Gasteiger partial charge in [-0.05, 0) is 48.9 Å². The lowest BCUT2D eigenvalue weighted by molar-refractivity contribution is -0.384. The molecule has 0 aliphatic heterocycles. The molecule has 0 N–H and O–H groups in total. The van der Waals surface area contributed by atoms with Gasteiger partial charge in [0.2, 0.25) is 0 Å². The Morgan fingerprint density at radius 3 is 2.38 bits per heavy atom. The largest absolute Gasteiger partial charge is 0.479 e. The van der Waals surface area contributed by atoms with Crippen LogP contribution in [0.15, 0.2) is 48.5 Å². The SMILES string of the molecule is C[C@@H](Oc1ccc(C#N)cc1)C(=O)OCc1ccc([N+](=O)[O-])cc1. The first kappa shape index (κ1) is 17.0. The molecule has 2 aromatic carbocycles. The fourth-order valence-corrected chi connectivity index (χ4v) is 1.85. The highest BCUT2D eigenvalue weighted by atomic mass is 16.6. The molecule has 0 aliphatic rings. The standard InChI is InChI=1S/C17H14N2O5/c1-12(24-16-8-4-13(10-18)5-9-16)17(20)23-11-14-2-6-15(7-3-14)19(21)22/h2-9,12H,11H2,1H3/t12-/m1/s1. The lowest BCUT2D eigenvalue weighted by atomic mass is 10.2. The smallest absolute Gasteiger partial charge is 0.347 e. The van der Waals surface area contributed by atoms with E-state index in [4.69, 9.17) is 14.7 Å². The van der Waals surface area contributed by atoms with E-state index in [9.17, 15) is 14.9 Å². The van der Waals surface area contributed by atoms with Crippen molar-refractivity contribution in [3.63, 3.8) is 0 Å². The third-order valence-electron chi connectivity index (χ3n) is 3.16. The first-order chi connectivity index (χ1) is 11.5. The average Bonchev–Trinajstić information content (AvgIpc) is 2.60. The maximum Gasteiger partial charge on any atom is 0.347 e. The highest BCUT2D eigenvalue weighted by Gasteiger charge is 2.16. The van der Waals surface area contributed by atoms with E-state index in [-0.39, 0.29) is 12.3 Å². The van der Waals surface area contributed by atoms with Gasteiger partial charge in [0.05, 0.1) is 16.6 Å². The van der Waals surface area contributed by atoms with E-state index in [1.807, 2.05) is 6.07 Å². The zero-order valence-corrected chi connectivity index (χ0v) is 12.8. The van der Waals surface area contributed by atoms with Crippen molar-refractivity contribution in [1.82, 2.24) is 0 Å². The van der Waals surface area contributed by atoms with Gasteiger partial charge in [0.15, 0.2) is 6.10 Å². The molecule has 0 saturated heterocycles. The number of non-ortho nitro benzene ring substituents is 1. The minimum Gasteiger partial charge on any atom is -0.479 e. The second kappa shape index (κ2) is 7.74. The molecule has 2 aromatic rings. The van der Waals surface area contributed by atoms with Crippen LogP contribution in [-0.4, -0.2) is 17.0 Å². The number of carbonyl (C=O) groups is 1. The summed E-state index contributed by atoms with van der Waals surface area (Å²) in [6.45, 7) is 1.55. The average molecular weight is 326 g/mol. The third kappa shape index (κ3) is 4.55. The van der Waals surface area contributed by atoms with Crippen LogP contribution in [0, 0.1) is 21.4 Å². The van der Waals surface area contributed by atoms with Crippen molar-refractivity contribution in [2.24, 2.45) is 0 Å². The zero-order valence-electron chi connectivity index (χ0n) is 12.8. The van der Waals surface area contributed by atoms with Crippen LogP contribution in [-0.2, 0) is 16.1 Å². The summed E-state index contributed by atoms with van der Waals surface area (Å²) in [5.41, 5.74) is 1.11. The molecule has 0 saturated carbocycles. The molecule has 7 nitrogen and oxygen atoms in total. The molecule has 2 rings (SSSR count). The van der Waals surface area contributed by atoms with Crippen LogP contribution >= 0.6 is 0 Å². The third-order valence-corrected chi connectivity index (χ3v) is 3.16. The van der Waals surface area contributed by atoms with Gasteiger partial charge in [-0.2, -0.15) is 5.26 Å². The van der Waals surface area contributed by atoms with Gasteiger partial charge in [-0.15, -0.1) is 0 Å². The van der Waals surface area contributed by atoms with E-state index < -0.39 is 17.0 Å². The molecule has 0 aromatic heterocycles. The molecule has 7 heteroatoms. The number of nitrogens with zero attached hydrogens (tertiary/aromatic N) is 2. The van der Waals surface area contributed by atoms with Gasteiger partial charge in [-0.3, -0.25) is 10.1 Å². The second-order valence-corrected chi connectivity index (χ2v) is 4.93. The number of esters is 1. The Morgan fingerprint density at radius 2 is 1.83 bits per heavy atom. The molecule has 0 radical (unpaired) electrons. The van der Waals surface area contributed by atoms with Gasteiger partial charge in [0.1, 0.15) is 12.4 Å². The van der Waals surface area contributed by atoms with Crippen molar-refractivity contribution in [1.29, 1.82) is 5.26 Å². The minimum absolute atomic E-state index is 0.00209. The molecule has 122 valence electrons.